The van der Waals surface area contributed by atoms with E-state index in [2.05, 4.69) is 14.7 Å². The largest absolute Gasteiger partial charge is 0.457 e. The van der Waals surface area contributed by atoms with Gasteiger partial charge in [0.2, 0.25) is 10.0 Å². The average Bonchev–Trinajstić information content (AvgIpc) is 2.83. The second-order valence-corrected chi connectivity index (χ2v) is 11.6. The molecule has 9 heteroatoms. The molecule has 7 nitrogen and oxygen atoms in total. The van der Waals surface area contributed by atoms with Crippen molar-refractivity contribution in [2.75, 3.05) is 6.61 Å². The molecule has 0 saturated carbocycles. The quantitative estimate of drug-likeness (QED) is 0.490. The number of aliphatic hydroxyl groups is 1. The molecule has 0 radical (unpaired) electrons. The Morgan fingerprint density at radius 2 is 1.75 bits per heavy atom. The molecule has 0 amide bonds. The predicted molar refractivity (Wildman–Crippen MR) is 137 cm³/mol. The van der Waals surface area contributed by atoms with Crippen molar-refractivity contribution in [3.8, 4) is 11.3 Å². The summed E-state index contributed by atoms with van der Waals surface area (Å²) >= 11 is 0. The van der Waals surface area contributed by atoms with E-state index in [4.69, 9.17) is 4.74 Å². The van der Waals surface area contributed by atoms with E-state index < -0.39 is 32.2 Å². The Balaban J connectivity index is 1.61. The van der Waals surface area contributed by atoms with Gasteiger partial charge in [-0.3, -0.25) is 4.98 Å². The van der Waals surface area contributed by atoms with E-state index in [-0.39, 0.29) is 31.0 Å². The zero-order valence-electron chi connectivity index (χ0n) is 20.5. The number of sulfonamides is 1. The van der Waals surface area contributed by atoms with Gasteiger partial charge in [-0.1, -0.05) is 48.5 Å². The lowest BCUT2D eigenvalue weighted by Gasteiger charge is -2.47. The van der Waals surface area contributed by atoms with Crippen LogP contribution in [0.4, 0.5) is 4.39 Å². The van der Waals surface area contributed by atoms with E-state index in [0.717, 1.165) is 16.8 Å². The minimum Gasteiger partial charge on any atom is -0.457 e. The first-order valence-corrected chi connectivity index (χ1v) is 13.2. The van der Waals surface area contributed by atoms with Crippen molar-refractivity contribution in [2.45, 2.75) is 50.0 Å². The molecule has 190 valence electrons. The van der Waals surface area contributed by atoms with Crippen molar-refractivity contribution in [1.29, 1.82) is 0 Å². The van der Waals surface area contributed by atoms with E-state index >= 15 is 0 Å². The van der Waals surface area contributed by atoms with Crippen LogP contribution < -0.4 is 4.72 Å². The average molecular weight is 512 g/mol. The summed E-state index contributed by atoms with van der Waals surface area (Å²) < 4.78 is 48.7. The lowest BCUT2D eigenvalue weighted by molar-refractivity contribution is 0.0394. The standard InChI is InChI=1S/C27H30FN3O4S/c1-26(2)27(3,18-19-11-13-20(14-12-19)23-10-6-7-16-29-23)36(33,34)31-25(35-26)30-24(15-17-32)21-8-4-5-9-22(21)28/h4-14,16,24,32H,15,17-18H2,1-3H3,(H,30,31). The van der Waals surface area contributed by atoms with Crippen molar-refractivity contribution in [3.63, 3.8) is 0 Å². The van der Waals surface area contributed by atoms with Crippen LogP contribution in [0.25, 0.3) is 11.3 Å². The van der Waals surface area contributed by atoms with Crippen LogP contribution in [0.5, 0.6) is 0 Å². The van der Waals surface area contributed by atoms with E-state index in [9.17, 15) is 17.9 Å². The predicted octanol–water partition coefficient (Wildman–Crippen LogP) is 4.40. The SMILES string of the molecule is CC1(C)OC(=NC(CCO)c2ccccc2F)NS(=O)(=O)C1(C)Cc1ccc(-c2ccccn2)cc1. The number of aliphatic imine (C=N–C) groups is 1. The zero-order valence-corrected chi connectivity index (χ0v) is 21.3. The molecule has 2 N–H and O–H groups in total. The number of ether oxygens (including phenoxy) is 1. The van der Waals surface area contributed by atoms with Crippen LogP contribution in [0, 0.1) is 5.82 Å². The number of amidine groups is 1. The molecule has 0 spiro atoms. The maximum atomic E-state index is 14.4. The van der Waals surface area contributed by atoms with Gasteiger partial charge in [0, 0.05) is 23.9 Å². The molecule has 1 fully saturated rings. The molecule has 4 rings (SSSR count). The summed E-state index contributed by atoms with van der Waals surface area (Å²) in [5.41, 5.74) is 1.67. The van der Waals surface area contributed by atoms with Gasteiger partial charge in [-0.05, 0) is 57.4 Å². The third-order valence-corrected chi connectivity index (χ3v) is 9.10. The molecule has 1 saturated heterocycles. The highest BCUT2D eigenvalue weighted by molar-refractivity contribution is 7.91. The Labute approximate surface area is 211 Å². The second kappa shape index (κ2) is 9.99. The summed E-state index contributed by atoms with van der Waals surface area (Å²) in [6, 6.07) is 18.3. The Morgan fingerprint density at radius 1 is 1.06 bits per heavy atom. The summed E-state index contributed by atoms with van der Waals surface area (Å²) in [5.74, 6) is -0.489. The highest BCUT2D eigenvalue weighted by Gasteiger charge is 2.57. The molecule has 2 heterocycles. The lowest BCUT2D eigenvalue weighted by atomic mass is 9.85. The molecule has 0 aliphatic carbocycles. The molecule has 2 atom stereocenters. The highest BCUT2D eigenvalue weighted by atomic mass is 32.2. The van der Waals surface area contributed by atoms with Gasteiger partial charge in [-0.2, -0.15) is 0 Å². The molecule has 1 aromatic heterocycles. The van der Waals surface area contributed by atoms with Gasteiger partial charge in [0.05, 0.1) is 11.7 Å². The number of rotatable bonds is 7. The van der Waals surface area contributed by atoms with Crippen LogP contribution in [0.15, 0.2) is 77.9 Å². The molecule has 1 aliphatic heterocycles. The summed E-state index contributed by atoms with van der Waals surface area (Å²) in [5, 5.41) is 9.49. The number of aromatic nitrogens is 1. The third-order valence-electron chi connectivity index (χ3n) is 6.84. The fourth-order valence-electron chi connectivity index (χ4n) is 4.30. The molecule has 0 bridgehead atoms. The Hall–Kier alpha value is -3.30. The zero-order chi connectivity index (χ0) is 26.0. The highest BCUT2D eigenvalue weighted by Crippen LogP contribution is 2.40. The maximum absolute atomic E-state index is 14.4. The summed E-state index contributed by atoms with van der Waals surface area (Å²) in [6.07, 6.45) is 2.02. The van der Waals surface area contributed by atoms with Crippen LogP contribution in [0.1, 0.15) is 44.4 Å². The summed E-state index contributed by atoms with van der Waals surface area (Å²) in [6.45, 7) is 4.79. The number of nitrogens with one attached hydrogen (secondary N) is 1. The van der Waals surface area contributed by atoms with Crippen molar-refractivity contribution >= 4 is 16.0 Å². The summed E-state index contributed by atoms with van der Waals surface area (Å²) in [7, 11) is -3.97. The number of halogens is 1. The fraction of sp³-hybridized carbons (Fsp3) is 0.333. The maximum Gasteiger partial charge on any atom is 0.299 e. The van der Waals surface area contributed by atoms with Gasteiger partial charge >= 0.3 is 0 Å². The fourth-order valence-corrected chi connectivity index (χ4v) is 5.89. The number of aliphatic hydroxyl groups excluding tert-OH is 1. The number of nitrogens with zero attached hydrogens (tertiary/aromatic N) is 2. The van der Waals surface area contributed by atoms with Gasteiger partial charge in [0.1, 0.15) is 16.2 Å². The number of hydrogen-bond donors (Lipinski definition) is 2. The molecule has 3 aromatic rings. The molecule has 2 aromatic carbocycles. The van der Waals surface area contributed by atoms with Gasteiger partial charge in [0.15, 0.2) is 0 Å². The molecule has 36 heavy (non-hydrogen) atoms. The number of pyridine rings is 1. The first-order chi connectivity index (χ1) is 17.1. The third kappa shape index (κ3) is 4.99. The molecule has 2 unspecified atom stereocenters. The summed E-state index contributed by atoms with van der Waals surface area (Å²) in [4.78, 5) is 8.71. The molecular weight excluding hydrogens is 481 g/mol. The topological polar surface area (TPSA) is 101 Å². The van der Waals surface area contributed by atoms with Gasteiger partial charge < -0.3 is 9.84 Å². The van der Waals surface area contributed by atoms with E-state index in [0.29, 0.717) is 0 Å². The van der Waals surface area contributed by atoms with Crippen LogP contribution in [-0.4, -0.2) is 41.5 Å². The van der Waals surface area contributed by atoms with Crippen LogP contribution in [0.3, 0.4) is 0 Å². The van der Waals surface area contributed by atoms with Crippen LogP contribution >= 0.6 is 0 Å². The van der Waals surface area contributed by atoms with E-state index in [1.807, 2.05) is 42.5 Å². The first kappa shape index (κ1) is 25.8. The lowest BCUT2D eigenvalue weighted by Crippen LogP contribution is -2.66. The minimum atomic E-state index is -3.97. The normalized spacial score (nSPS) is 22.4. The second-order valence-electron chi connectivity index (χ2n) is 9.52. The smallest absolute Gasteiger partial charge is 0.299 e. The number of hydrogen-bond acceptors (Lipinski definition) is 6. The van der Waals surface area contributed by atoms with Crippen LogP contribution in [0.2, 0.25) is 0 Å². The van der Waals surface area contributed by atoms with E-state index in [1.165, 1.54) is 6.07 Å². The van der Waals surface area contributed by atoms with Crippen molar-refractivity contribution in [1.82, 2.24) is 9.71 Å². The van der Waals surface area contributed by atoms with Crippen molar-refractivity contribution < 1.29 is 22.7 Å². The minimum absolute atomic E-state index is 0.107. The number of benzene rings is 2. The van der Waals surface area contributed by atoms with Gasteiger partial charge in [-0.25, -0.2) is 22.5 Å². The monoisotopic (exact) mass is 511 g/mol. The van der Waals surface area contributed by atoms with Gasteiger partial charge in [-0.15, -0.1) is 0 Å². The van der Waals surface area contributed by atoms with Gasteiger partial charge in [0.25, 0.3) is 6.02 Å². The van der Waals surface area contributed by atoms with E-state index in [1.54, 1.807) is 45.2 Å². The Kier molecular flexibility index (Phi) is 7.15. The van der Waals surface area contributed by atoms with Crippen molar-refractivity contribution in [2.24, 2.45) is 4.99 Å². The Bertz CT molecular complexity index is 1340. The first-order valence-electron chi connectivity index (χ1n) is 11.7. The van der Waals surface area contributed by atoms with Crippen molar-refractivity contribution in [3.05, 3.63) is 89.9 Å². The molecule has 1 aliphatic rings. The van der Waals surface area contributed by atoms with Crippen LogP contribution in [-0.2, 0) is 21.2 Å². The Morgan fingerprint density at radius 3 is 2.36 bits per heavy atom. The molecular formula is C27H30FN3O4S.